The highest BCUT2D eigenvalue weighted by molar-refractivity contribution is 4.99. The summed E-state index contributed by atoms with van der Waals surface area (Å²) in [6.45, 7) is 1.47. The van der Waals surface area contributed by atoms with Gasteiger partial charge in [-0.2, -0.15) is 4.98 Å². The molecule has 1 aliphatic rings. The van der Waals surface area contributed by atoms with Gasteiger partial charge < -0.3 is 14.5 Å². The fourth-order valence-electron chi connectivity index (χ4n) is 1.09. The van der Waals surface area contributed by atoms with Crippen LogP contribution in [0.25, 0.3) is 0 Å². The first-order chi connectivity index (χ1) is 6.38. The zero-order valence-electron chi connectivity index (χ0n) is 7.75. The van der Waals surface area contributed by atoms with Crippen molar-refractivity contribution in [2.45, 2.75) is 19.4 Å². The van der Waals surface area contributed by atoms with E-state index in [9.17, 15) is 0 Å². The summed E-state index contributed by atoms with van der Waals surface area (Å²) in [6, 6.07) is 0. The van der Waals surface area contributed by atoms with Crippen LogP contribution in [0.3, 0.4) is 0 Å². The molecule has 1 aromatic rings. The molecule has 0 aliphatic heterocycles. The van der Waals surface area contributed by atoms with Crippen molar-refractivity contribution in [2.75, 3.05) is 13.7 Å². The maximum atomic E-state index is 5.35. The van der Waals surface area contributed by atoms with Gasteiger partial charge in [0.15, 0.2) is 0 Å². The van der Waals surface area contributed by atoms with Crippen molar-refractivity contribution >= 4 is 0 Å². The Morgan fingerprint density at radius 3 is 3.23 bits per heavy atom. The molecule has 1 N–H and O–H groups in total. The van der Waals surface area contributed by atoms with Gasteiger partial charge in [0.1, 0.15) is 6.26 Å². The second-order valence-corrected chi connectivity index (χ2v) is 3.39. The average Bonchev–Trinajstić information content (AvgIpc) is 2.85. The van der Waals surface area contributed by atoms with Gasteiger partial charge in [-0.15, -0.1) is 0 Å². The highest BCUT2D eigenvalue weighted by Crippen LogP contribution is 2.29. The molecule has 0 saturated heterocycles. The molecule has 0 aromatic carbocycles. The maximum Gasteiger partial charge on any atom is 0.393 e. The Morgan fingerprint density at radius 1 is 1.69 bits per heavy atom. The second kappa shape index (κ2) is 3.79. The lowest BCUT2D eigenvalue weighted by Gasteiger charge is -1.96. The van der Waals surface area contributed by atoms with E-state index in [0.717, 1.165) is 24.8 Å². The van der Waals surface area contributed by atoms with Gasteiger partial charge in [0, 0.05) is 6.54 Å². The van der Waals surface area contributed by atoms with E-state index in [1.807, 2.05) is 7.05 Å². The summed E-state index contributed by atoms with van der Waals surface area (Å²) in [5.41, 5.74) is 0.883. The molecule has 1 heterocycles. The number of oxazole rings is 1. The van der Waals surface area contributed by atoms with Crippen LogP contribution in [0.2, 0.25) is 0 Å². The van der Waals surface area contributed by atoms with Crippen LogP contribution in [-0.4, -0.2) is 18.6 Å². The number of hydrogen-bond donors (Lipinski definition) is 1. The lowest BCUT2D eigenvalue weighted by atomic mass is 10.5. The Balaban J connectivity index is 1.81. The Morgan fingerprint density at radius 2 is 2.54 bits per heavy atom. The van der Waals surface area contributed by atoms with E-state index in [1.54, 1.807) is 6.26 Å². The lowest BCUT2D eigenvalue weighted by molar-refractivity contribution is 0.219. The molecule has 1 fully saturated rings. The van der Waals surface area contributed by atoms with Gasteiger partial charge in [-0.05, 0) is 25.8 Å². The molecule has 0 atom stereocenters. The Bertz CT molecular complexity index is 268. The summed E-state index contributed by atoms with van der Waals surface area (Å²) < 4.78 is 10.5. The number of nitrogens with one attached hydrogen (secondary N) is 1. The normalized spacial score (nSPS) is 16.1. The molecule has 0 bridgehead atoms. The molecule has 4 heteroatoms. The minimum Gasteiger partial charge on any atom is -0.450 e. The van der Waals surface area contributed by atoms with Crippen molar-refractivity contribution in [3.63, 3.8) is 0 Å². The first-order valence-corrected chi connectivity index (χ1v) is 4.60. The van der Waals surface area contributed by atoms with Gasteiger partial charge in [0.25, 0.3) is 0 Å². The zero-order valence-corrected chi connectivity index (χ0v) is 7.75. The second-order valence-electron chi connectivity index (χ2n) is 3.39. The quantitative estimate of drug-likeness (QED) is 0.742. The fourth-order valence-corrected chi connectivity index (χ4v) is 1.09. The molecule has 0 radical (unpaired) electrons. The highest BCUT2D eigenvalue weighted by Gasteiger charge is 2.22. The summed E-state index contributed by atoms with van der Waals surface area (Å²) in [4.78, 5) is 4.15. The van der Waals surface area contributed by atoms with E-state index in [1.165, 1.54) is 12.8 Å². The van der Waals surface area contributed by atoms with Gasteiger partial charge >= 0.3 is 6.08 Å². The van der Waals surface area contributed by atoms with Gasteiger partial charge in [-0.1, -0.05) is 0 Å². The molecule has 1 saturated carbocycles. The third-order valence-corrected chi connectivity index (χ3v) is 2.03. The number of rotatable bonds is 5. The zero-order chi connectivity index (χ0) is 9.10. The van der Waals surface area contributed by atoms with Crippen LogP contribution >= 0.6 is 0 Å². The average molecular weight is 182 g/mol. The molecule has 0 amide bonds. The first kappa shape index (κ1) is 8.56. The number of hydrogen-bond acceptors (Lipinski definition) is 4. The fraction of sp³-hybridized carbons (Fsp3) is 0.667. The van der Waals surface area contributed by atoms with Crippen molar-refractivity contribution < 1.29 is 9.15 Å². The van der Waals surface area contributed by atoms with Crippen molar-refractivity contribution in [3.8, 4) is 6.08 Å². The molecule has 72 valence electrons. The van der Waals surface area contributed by atoms with Gasteiger partial charge in [0.2, 0.25) is 0 Å². The number of nitrogens with zero attached hydrogens (tertiary/aromatic N) is 1. The Labute approximate surface area is 77.3 Å². The molecule has 0 spiro atoms. The van der Waals surface area contributed by atoms with E-state index < -0.39 is 0 Å². The van der Waals surface area contributed by atoms with E-state index >= 15 is 0 Å². The van der Waals surface area contributed by atoms with Gasteiger partial charge in [-0.25, -0.2) is 0 Å². The monoisotopic (exact) mass is 182 g/mol. The third kappa shape index (κ3) is 2.45. The van der Waals surface area contributed by atoms with Gasteiger partial charge in [0.05, 0.1) is 12.3 Å². The summed E-state index contributed by atoms with van der Waals surface area (Å²) in [5.74, 6) is 0.736. The molecule has 13 heavy (non-hydrogen) atoms. The minimum absolute atomic E-state index is 0.400. The van der Waals surface area contributed by atoms with Crippen molar-refractivity contribution in [1.82, 2.24) is 10.3 Å². The molecule has 1 aromatic heterocycles. The van der Waals surface area contributed by atoms with Crippen LogP contribution in [0.1, 0.15) is 18.5 Å². The summed E-state index contributed by atoms with van der Waals surface area (Å²) >= 11 is 0. The minimum atomic E-state index is 0.400. The largest absolute Gasteiger partial charge is 0.450 e. The van der Waals surface area contributed by atoms with Crippen molar-refractivity contribution in [3.05, 3.63) is 12.0 Å². The standard InChI is InChI=1S/C9H14N2O2/c1-10-4-8-6-13-9(11-8)12-5-7-2-3-7/h6-7,10H,2-5H2,1H3. The van der Waals surface area contributed by atoms with Crippen LogP contribution in [0.5, 0.6) is 6.08 Å². The topological polar surface area (TPSA) is 47.3 Å². The van der Waals surface area contributed by atoms with Crippen LogP contribution in [-0.2, 0) is 6.54 Å². The van der Waals surface area contributed by atoms with Crippen molar-refractivity contribution in [1.29, 1.82) is 0 Å². The van der Waals surface area contributed by atoms with Gasteiger partial charge in [-0.3, -0.25) is 0 Å². The lowest BCUT2D eigenvalue weighted by Crippen LogP contribution is -2.05. The van der Waals surface area contributed by atoms with Crippen LogP contribution in [0.4, 0.5) is 0 Å². The van der Waals surface area contributed by atoms with E-state index in [-0.39, 0.29) is 0 Å². The Kier molecular flexibility index (Phi) is 2.49. The number of aromatic nitrogens is 1. The molecule has 1 aliphatic carbocycles. The molecule has 4 nitrogen and oxygen atoms in total. The SMILES string of the molecule is CNCc1coc(OCC2CC2)n1. The van der Waals surface area contributed by atoms with E-state index in [0.29, 0.717) is 6.08 Å². The number of ether oxygens (including phenoxy) is 1. The molecule has 2 rings (SSSR count). The summed E-state index contributed by atoms with van der Waals surface area (Å²) in [5, 5.41) is 3.00. The maximum absolute atomic E-state index is 5.35. The molecule has 0 unspecified atom stereocenters. The Hall–Kier alpha value is -1.03. The van der Waals surface area contributed by atoms with Crippen LogP contribution in [0.15, 0.2) is 10.7 Å². The summed E-state index contributed by atoms with van der Waals surface area (Å²) in [6.07, 6.45) is 4.59. The predicted molar refractivity (Wildman–Crippen MR) is 47.5 cm³/mol. The first-order valence-electron chi connectivity index (χ1n) is 4.60. The van der Waals surface area contributed by atoms with Crippen LogP contribution < -0.4 is 10.1 Å². The predicted octanol–water partition coefficient (Wildman–Crippen LogP) is 1.18. The smallest absolute Gasteiger partial charge is 0.393 e. The molecular formula is C9H14N2O2. The highest BCUT2D eigenvalue weighted by atomic mass is 16.6. The van der Waals surface area contributed by atoms with E-state index in [2.05, 4.69) is 10.3 Å². The summed E-state index contributed by atoms with van der Waals surface area (Å²) in [7, 11) is 1.87. The van der Waals surface area contributed by atoms with Crippen molar-refractivity contribution in [2.24, 2.45) is 5.92 Å². The van der Waals surface area contributed by atoms with Crippen LogP contribution in [0, 0.1) is 5.92 Å². The van der Waals surface area contributed by atoms with E-state index in [4.69, 9.17) is 9.15 Å². The third-order valence-electron chi connectivity index (χ3n) is 2.03. The molecular weight excluding hydrogens is 168 g/mol.